The number of nitrogens with one attached hydrogen (secondary N) is 2. The summed E-state index contributed by atoms with van der Waals surface area (Å²) in [5, 5.41) is 14.6. The second-order valence-electron chi connectivity index (χ2n) is 7.54. The highest BCUT2D eigenvalue weighted by molar-refractivity contribution is 5.91. The molecular weight excluding hydrogens is 358 g/mol. The summed E-state index contributed by atoms with van der Waals surface area (Å²) in [5.41, 5.74) is 6.31. The summed E-state index contributed by atoms with van der Waals surface area (Å²) in [7, 11) is 0. The Balaban J connectivity index is 1.66. The lowest BCUT2D eigenvalue weighted by molar-refractivity contribution is -0.130. The Kier molecular flexibility index (Phi) is 8.78. The van der Waals surface area contributed by atoms with Gasteiger partial charge in [-0.05, 0) is 42.9 Å². The van der Waals surface area contributed by atoms with Gasteiger partial charge in [0, 0.05) is 13.0 Å². The third-order valence-electron chi connectivity index (χ3n) is 5.23. The molecule has 28 heavy (non-hydrogen) atoms. The van der Waals surface area contributed by atoms with Crippen LogP contribution in [-0.4, -0.2) is 35.4 Å². The molecule has 0 spiro atoms. The van der Waals surface area contributed by atoms with Gasteiger partial charge in [-0.25, -0.2) is 0 Å². The number of hydrogen-bond acceptors (Lipinski definition) is 4. The number of nitrogens with two attached hydrogens (primary N) is 1. The van der Waals surface area contributed by atoms with E-state index in [1.54, 1.807) is 24.3 Å². The van der Waals surface area contributed by atoms with Crippen molar-refractivity contribution in [2.45, 2.75) is 63.8 Å². The van der Waals surface area contributed by atoms with Crippen molar-refractivity contribution in [3.8, 4) is 5.75 Å². The molecule has 0 saturated heterocycles. The second kappa shape index (κ2) is 11.3. The molecule has 7 heteroatoms. The largest absolute Gasteiger partial charge is 0.508 e. The zero-order valence-electron chi connectivity index (χ0n) is 16.3. The maximum atomic E-state index is 12.1. The highest BCUT2D eigenvalue weighted by Crippen LogP contribution is 2.28. The summed E-state index contributed by atoms with van der Waals surface area (Å²) in [6.45, 7) is 0.393. The molecule has 1 fully saturated rings. The number of phenolic OH excluding ortho intramolecular Hbond substituents is 1. The Hall–Kier alpha value is -2.57. The van der Waals surface area contributed by atoms with Crippen LogP contribution in [0.15, 0.2) is 24.3 Å². The van der Waals surface area contributed by atoms with E-state index in [0.717, 1.165) is 24.3 Å². The number of carbonyl (C=O) groups excluding carboxylic acids is 3. The van der Waals surface area contributed by atoms with Gasteiger partial charge in [-0.1, -0.05) is 37.8 Å². The Morgan fingerprint density at radius 2 is 1.79 bits per heavy atom. The molecule has 0 aromatic heterocycles. The molecule has 1 unspecified atom stereocenters. The average molecular weight is 389 g/mol. The van der Waals surface area contributed by atoms with E-state index in [2.05, 4.69) is 10.6 Å². The molecule has 1 aliphatic carbocycles. The van der Waals surface area contributed by atoms with Gasteiger partial charge in [-0.3, -0.25) is 14.4 Å². The zero-order valence-corrected chi connectivity index (χ0v) is 16.3. The van der Waals surface area contributed by atoms with Gasteiger partial charge in [0.1, 0.15) is 11.8 Å². The first-order valence-electron chi connectivity index (χ1n) is 10.1. The molecule has 2 rings (SSSR count). The predicted molar refractivity (Wildman–Crippen MR) is 106 cm³/mol. The van der Waals surface area contributed by atoms with Gasteiger partial charge >= 0.3 is 0 Å². The Bertz CT molecular complexity index is 654. The van der Waals surface area contributed by atoms with E-state index in [1.807, 2.05) is 0 Å². The Labute approximate surface area is 166 Å². The van der Waals surface area contributed by atoms with Crippen LogP contribution in [0.25, 0.3) is 0 Å². The van der Waals surface area contributed by atoms with Gasteiger partial charge < -0.3 is 21.5 Å². The minimum Gasteiger partial charge on any atom is -0.508 e. The summed E-state index contributed by atoms with van der Waals surface area (Å²) in [6, 6.07) is 5.73. The van der Waals surface area contributed by atoms with E-state index in [-0.39, 0.29) is 24.0 Å². The average Bonchev–Trinajstić information content (AvgIpc) is 3.16. The molecule has 0 radical (unpaired) electrons. The van der Waals surface area contributed by atoms with E-state index in [9.17, 15) is 19.5 Å². The monoisotopic (exact) mass is 389 g/mol. The van der Waals surface area contributed by atoms with Crippen LogP contribution in [0.5, 0.6) is 5.75 Å². The summed E-state index contributed by atoms with van der Waals surface area (Å²) in [5.74, 6) is -0.375. The molecule has 3 amide bonds. The lowest BCUT2D eigenvalue weighted by Crippen LogP contribution is -2.47. The summed E-state index contributed by atoms with van der Waals surface area (Å²) in [4.78, 5) is 35.7. The van der Waals surface area contributed by atoms with Gasteiger partial charge in [0.25, 0.3) is 0 Å². The summed E-state index contributed by atoms with van der Waals surface area (Å²) >= 11 is 0. The van der Waals surface area contributed by atoms with Crippen LogP contribution in [-0.2, 0) is 20.8 Å². The second-order valence-corrected chi connectivity index (χ2v) is 7.54. The zero-order chi connectivity index (χ0) is 20.4. The smallest absolute Gasteiger partial charge is 0.240 e. The predicted octanol–water partition coefficient (Wildman–Crippen LogP) is 1.77. The van der Waals surface area contributed by atoms with E-state index in [0.29, 0.717) is 19.4 Å². The summed E-state index contributed by atoms with van der Waals surface area (Å²) < 4.78 is 0. The fourth-order valence-corrected chi connectivity index (χ4v) is 3.61. The maximum absolute atomic E-state index is 12.1. The van der Waals surface area contributed by atoms with Gasteiger partial charge in [0.2, 0.25) is 17.7 Å². The van der Waals surface area contributed by atoms with E-state index >= 15 is 0 Å². The Morgan fingerprint density at radius 1 is 1.11 bits per heavy atom. The van der Waals surface area contributed by atoms with Crippen molar-refractivity contribution in [2.24, 2.45) is 11.7 Å². The van der Waals surface area contributed by atoms with Gasteiger partial charge in [0.05, 0.1) is 6.42 Å². The number of aromatic hydroxyl groups is 1. The number of primary amides is 1. The van der Waals surface area contributed by atoms with Crippen LogP contribution in [0.2, 0.25) is 0 Å². The van der Waals surface area contributed by atoms with Gasteiger partial charge in [0.15, 0.2) is 0 Å². The SMILES string of the molecule is NC(=O)C(CC(=O)NCCc1ccc(O)cc1)NC(=O)CCCC1CCCC1. The van der Waals surface area contributed by atoms with Crippen molar-refractivity contribution < 1.29 is 19.5 Å². The maximum Gasteiger partial charge on any atom is 0.240 e. The van der Waals surface area contributed by atoms with Crippen LogP contribution >= 0.6 is 0 Å². The fraction of sp³-hybridized carbons (Fsp3) is 0.571. The first kappa shape index (κ1) is 21.7. The molecule has 1 aromatic carbocycles. The Morgan fingerprint density at radius 3 is 2.43 bits per heavy atom. The van der Waals surface area contributed by atoms with E-state index in [1.165, 1.54) is 25.7 Å². The van der Waals surface area contributed by atoms with Gasteiger partial charge in [-0.15, -0.1) is 0 Å². The summed E-state index contributed by atoms with van der Waals surface area (Å²) in [6.07, 6.45) is 7.66. The quantitative estimate of drug-likeness (QED) is 0.461. The van der Waals surface area contributed by atoms with Crippen molar-refractivity contribution in [3.63, 3.8) is 0 Å². The van der Waals surface area contributed by atoms with Crippen molar-refractivity contribution in [3.05, 3.63) is 29.8 Å². The number of carbonyl (C=O) groups is 3. The molecule has 1 aliphatic rings. The van der Waals surface area contributed by atoms with E-state index in [4.69, 9.17) is 5.73 Å². The van der Waals surface area contributed by atoms with Crippen LogP contribution < -0.4 is 16.4 Å². The molecular formula is C21H31N3O4. The minimum absolute atomic E-state index is 0.167. The number of hydrogen-bond donors (Lipinski definition) is 4. The lowest BCUT2D eigenvalue weighted by atomic mass is 10.0. The van der Waals surface area contributed by atoms with Gasteiger partial charge in [-0.2, -0.15) is 0 Å². The van der Waals surface area contributed by atoms with Crippen LogP contribution in [0.4, 0.5) is 0 Å². The van der Waals surface area contributed by atoms with Crippen molar-refractivity contribution in [1.29, 1.82) is 0 Å². The molecule has 1 saturated carbocycles. The molecule has 0 bridgehead atoms. The third-order valence-corrected chi connectivity index (χ3v) is 5.23. The third kappa shape index (κ3) is 7.98. The molecule has 154 valence electrons. The van der Waals surface area contributed by atoms with Crippen LogP contribution in [0, 0.1) is 5.92 Å². The minimum atomic E-state index is -0.993. The highest BCUT2D eigenvalue weighted by atomic mass is 16.3. The first-order chi connectivity index (χ1) is 13.4. The molecule has 1 atom stereocenters. The van der Waals surface area contributed by atoms with Crippen molar-refractivity contribution >= 4 is 17.7 Å². The lowest BCUT2D eigenvalue weighted by Gasteiger charge is -2.16. The molecule has 0 aliphatic heterocycles. The molecule has 1 aromatic rings. The van der Waals surface area contributed by atoms with Crippen molar-refractivity contribution in [1.82, 2.24) is 10.6 Å². The first-order valence-corrected chi connectivity index (χ1v) is 10.1. The number of amides is 3. The standard InChI is InChI=1S/C21H31N3O4/c22-21(28)18(24-19(26)7-3-6-15-4-1-2-5-15)14-20(27)23-13-12-16-8-10-17(25)11-9-16/h8-11,15,18,25H,1-7,12-14H2,(H2,22,28)(H,23,27)(H,24,26). The highest BCUT2D eigenvalue weighted by Gasteiger charge is 2.22. The molecule has 7 nitrogen and oxygen atoms in total. The van der Waals surface area contributed by atoms with Crippen molar-refractivity contribution in [2.75, 3.05) is 6.54 Å². The van der Waals surface area contributed by atoms with E-state index < -0.39 is 11.9 Å². The van der Waals surface area contributed by atoms with Crippen LogP contribution in [0.3, 0.4) is 0 Å². The normalized spacial score (nSPS) is 15.1. The number of phenols is 1. The number of rotatable bonds is 11. The number of benzene rings is 1. The van der Waals surface area contributed by atoms with Crippen LogP contribution in [0.1, 0.15) is 56.9 Å². The fourth-order valence-electron chi connectivity index (χ4n) is 3.61. The molecule has 0 heterocycles. The molecule has 5 N–H and O–H groups in total. The topological polar surface area (TPSA) is 122 Å².